The van der Waals surface area contributed by atoms with Crippen LogP contribution in [-0.2, 0) is 81.5 Å². The van der Waals surface area contributed by atoms with Crippen LogP contribution in [0, 0.1) is 0 Å². The highest BCUT2D eigenvalue weighted by molar-refractivity contribution is 6.76. The molecule has 1 aromatic rings. The molecule has 20 heteroatoms. The Morgan fingerprint density at radius 1 is 0.547 bits per heavy atom. The third-order valence-corrected chi connectivity index (χ3v) is 34.8. The van der Waals surface area contributed by atoms with Gasteiger partial charge >= 0.3 is 0 Å². The number of benzene rings is 1. The van der Waals surface area contributed by atoms with E-state index in [1.54, 1.807) is 0 Å². The molecule has 6 saturated heterocycles. The van der Waals surface area contributed by atoms with Gasteiger partial charge in [-0.15, -0.1) is 0 Å². The van der Waals surface area contributed by atoms with Crippen LogP contribution < -0.4 is 0 Å². The maximum absolute atomic E-state index is 7.75. The molecule has 6 heterocycles. The van der Waals surface area contributed by atoms with Crippen LogP contribution in [-0.4, -0.2) is 174 Å². The van der Waals surface area contributed by atoms with Crippen LogP contribution in [0.1, 0.15) is 149 Å². The van der Waals surface area contributed by atoms with E-state index in [1.807, 2.05) is 73.6 Å². The first-order chi connectivity index (χ1) is 39.2. The lowest BCUT2D eigenvalue weighted by Gasteiger charge is -2.47. The Kier molecular flexibility index (Phi) is 22.7. The average Bonchev–Trinajstić information content (AvgIpc) is 1.58. The van der Waals surface area contributed by atoms with Crippen molar-refractivity contribution in [1.29, 1.82) is 0 Å². The van der Waals surface area contributed by atoms with E-state index in [1.165, 1.54) is 0 Å². The SMILES string of the molecule is C=C(CC[C@@H](O[Si](C)(C)C(C)(C)C)[C@H]1C[C@H]2OC(C)(C)O[C@H]2[C@H]([C@H]2OC(C)(C)O[C@H]2CO[Si](C)(C)C(C)(C)C)O1)[C@@H](O[Si](C)(C)C(C)(C)C)[C@@H](OCOCC[Si](C)(C)C)[C@H]1C[C@H]2OC(C)(C)O[C@H]2[C@H]([C@H]2OC(C)(C)O[C@@H]2COCc2ccccc2)O1. The summed E-state index contributed by atoms with van der Waals surface area (Å²) in [6, 6.07) is 11.2. The van der Waals surface area contributed by atoms with Gasteiger partial charge in [-0.05, 0) is 140 Å². The maximum Gasteiger partial charge on any atom is 0.193 e. The van der Waals surface area contributed by atoms with Crippen molar-refractivity contribution in [2.45, 2.75) is 345 Å². The summed E-state index contributed by atoms with van der Waals surface area (Å²) < 4.78 is 112. The Morgan fingerprint density at radius 3 is 1.50 bits per heavy atom. The fourth-order valence-corrected chi connectivity index (χ4v) is 16.3. The minimum atomic E-state index is -2.62. The van der Waals surface area contributed by atoms with Gasteiger partial charge in [0.25, 0.3) is 0 Å². The molecule has 0 spiro atoms. The molecule has 0 N–H and O–H groups in total. The molecule has 0 aromatic heterocycles. The molecule has 0 unspecified atom stereocenters. The van der Waals surface area contributed by atoms with Crippen LogP contribution in [0.5, 0.6) is 0 Å². The lowest BCUT2D eigenvalue weighted by Crippen LogP contribution is -2.60. The summed E-state index contributed by atoms with van der Waals surface area (Å²) in [4.78, 5) is 0. The van der Waals surface area contributed by atoms with E-state index < -0.39 is 129 Å². The summed E-state index contributed by atoms with van der Waals surface area (Å²) in [7, 11) is -8.71. The summed E-state index contributed by atoms with van der Waals surface area (Å²) in [6.45, 7) is 63.7. The molecule has 6 aliphatic heterocycles. The molecule has 1 aromatic carbocycles. The zero-order valence-electron chi connectivity index (χ0n) is 58.4. The number of hydrogen-bond donors (Lipinski definition) is 0. The zero-order valence-corrected chi connectivity index (χ0v) is 62.4. The van der Waals surface area contributed by atoms with E-state index in [0.717, 1.165) is 17.2 Å². The fourth-order valence-electron chi connectivity index (χ4n) is 11.8. The molecule has 0 radical (unpaired) electrons. The van der Waals surface area contributed by atoms with Crippen molar-refractivity contribution in [3.05, 3.63) is 48.0 Å². The van der Waals surface area contributed by atoms with Crippen LogP contribution >= 0.6 is 0 Å². The standard InChI is InChI=1S/C66H120O16Si4/c1-43(33-34-45(81-85(24,25)61(5,6)7)46-37-48-54(77-63(11,12)73-48)58(71-46)57-51(76-66(17,18)80-57)41-70-84(22,23)60(2,3)4)52(82-86(26,27)62(8,9)10)53(69-42-67-35-36-83(19,20)21)47-38-49-55(78-64(13,14)74-49)59(72-47)56-50(75-65(15,16)79-56)40-68-39-44-31-29-28-30-32-44/h28-32,45-59H,1,33-42H2,2-27H3/t45-,46-,47-,48-,49-,50-,51+,52-,53+,54-,55-,56+,57+,58-,59-/m1/s1. The van der Waals surface area contributed by atoms with E-state index in [2.05, 4.69) is 133 Å². The molecule has 496 valence electrons. The molecule has 0 saturated carbocycles. The third-order valence-electron chi connectivity index (χ3n) is 19.6. The van der Waals surface area contributed by atoms with Gasteiger partial charge < -0.3 is 74.9 Å². The number of rotatable bonds is 26. The summed E-state index contributed by atoms with van der Waals surface area (Å²) in [6.07, 6.45) is -5.35. The molecule has 6 aliphatic rings. The van der Waals surface area contributed by atoms with Crippen molar-refractivity contribution < 1.29 is 74.9 Å². The number of hydrogen-bond acceptors (Lipinski definition) is 16. The predicted molar refractivity (Wildman–Crippen MR) is 347 cm³/mol. The van der Waals surface area contributed by atoms with Crippen molar-refractivity contribution in [2.75, 3.05) is 26.6 Å². The van der Waals surface area contributed by atoms with Crippen molar-refractivity contribution in [3.63, 3.8) is 0 Å². The molecule has 86 heavy (non-hydrogen) atoms. The highest BCUT2D eigenvalue weighted by atomic mass is 28.4. The topological polar surface area (TPSA) is 148 Å². The second kappa shape index (κ2) is 26.9. The average molecular weight is 1280 g/mol. The Labute approximate surface area is 524 Å². The van der Waals surface area contributed by atoms with Crippen LogP contribution in [0.4, 0.5) is 0 Å². The van der Waals surface area contributed by atoms with Crippen molar-refractivity contribution in [2.24, 2.45) is 0 Å². The highest BCUT2D eigenvalue weighted by Gasteiger charge is 2.61. The first kappa shape index (κ1) is 72.6. The predicted octanol–water partition coefficient (Wildman–Crippen LogP) is 14.4. The van der Waals surface area contributed by atoms with Gasteiger partial charge in [0.15, 0.2) is 48.1 Å². The fraction of sp³-hybridized carbons (Fsp3) is 0.879. The summed E-state index contributed by atoms with van der Waals surface area (Å²) in [5.41, 5.74) is 1.94. The van der Waals surface area contributed by atoms with Crippen molar-refractivity contribution >= 4 is 33.0 Å². The van der Waals surface area contributed by atoms with E-state index in [0.29, 0.717) is 45.5 Å². The van der Waals surface area contributed by atoms with Gasteiger partial charge in [-0.25, -0.2) is 0 Å². The monoisotopic (exact) mass is 1280 g/mol. The van der Waals surface area contributed by atoms with E-state index >= 15 is 0 Å². The summed E-state index contributed by atoms with van der Waals surface area (Å²) >= 11 is 0. The van der Waals surface area contributed by atoms with Crippen LogP contribution in [0.15, 0.2) is 42.5 Å². The minimum Gasteiger partial charge on any atom is -0.414 e. The summed E-state index contributed by atoms with van der Waals surface area (Å²) in [5.74, 6) is -3.56. The smallest absolute Gasteiger partial charge is 0.193 e. The van der Waals surface area contributed by atoms with Crippen LogP contribution in [0.2, 0.25) is 80.1 Å². The van der Waals surface area contributed by atoms with E-state index in [-0.39, 0.29) is 46.8 Å². The Morgan fingerprint density at radius 2 is 1.00 bits per heavy atom. The number of ether oxygens (including phenoxy) is 13. The van der Waals surface area contributed by atoms with Gasteiger partial charge in [-0.1, -0.05) is 119 Å². The van der Waals surface area contributed by atoms with E-state index in [9.17, 15) is 0 Å². The normalized spacial score (nSPS) is 32.4. The second-order valence-electron chi connectivity index (χ2n) is 33.3. The molecule has 16 nitrogen and oxygen atoms in total. The van der Waals surface area contributed by atoms with Gasteiger partial charge in [-0.3, -0.25) is 0 Å². The molecular formula is C66H120O16Si4. The van der Waals surface area contributed by atoms with Gasteiger partial charge in [0.2, 0.25) is 0 Å². The third kappa shape index (κ3) is 18.5. The summed E-state index contributed by atoms with van der Waals surface area (Å²) in [5, 5.41) is -0.281. The van der Waals surface area contributed by atoms with Crippen LogP contribution in [0.3, 0.4) is 0 Å². The number of fused-ring (bicyclic) bond motifs is 2. The van der Waals surface area contributed by atoms with Gasteiger partial charge in [0.1, 0.15) is 61.7 Å². The highest BCUT2D eigenvalue weighted by Crippen LogP contribution is 2.49. The van der Waals surface area contributed by atoms with Crippen molar-refractivity contribution in [1.82, 2.24) is 0 Å². The molecule has 6 fully saturated rings. The lowest BCUT2D eigenvalue weighted by molar-refractivity contribution is -0.237. The molecule has 0 bridgehead atoms. The molecule has 15 atom stereocenters. The van der Waals surface area contributed by atoms with Gasteiger partial charge in [0, 0.05) is 27.5 Å². The Bertz CT molecular complexity index is 2360. The second-order valence-corrected chi connectivity index (χ2v) is 53.2. The molecule has 7 rings (SSSR count). The van der Waals surface area contributed by atoms with Gasteiger partial charge in [0.05, 0.1) is 56.4 Å². The molecule has 0 amide bonds. The largest absolute Gasteiger partial charge is 0.414 e. The first-order valence-corrected chi connectivity index (χ1v) is 44.8. The molecular weight excluding hydrogens is 1160 g/mol. The quantitative estimate of drug-likeness (QED) is 0.0374. The first-order valence-electron chi connectivity index (χ1n) is 32.4. The Balaban J connectivity index is 1.25. The van der Waals surface area contributed by atoms with E-state index in [4.69, 9.17) is 81.4 Å². The van der Waals surface area contributed by atoms with Crippen LogP contribution in [0.25, 0.3) is 0 Å². The molecule has 0 aliphatic carbocycles. The minimum absolute atomic E-state index is 0.00671. The zero-order chi connectivity index (χ0) is 64.2. The maximum atomic E-state index is 7.75. The lowest BCUT2D eigenvalue weighted by atomic mass is 9.87. The van der Waals surface area contributed by atoms with Crippen molar-refractivity contribution in [3.8, 4) is 0 Å². The van der Waals surface area contributed by atoms with Gasteiger partial charge in [-0.2, -0.15) is 0 Å². The Hall–Kier alpha value is -0.812.